The molecule has 10 heteroatoms. The molecule has 1 heterocycles. The minimum absolute atomic E-state index is 0.0919. The zero-order valence-electron chi connectivity index (χ0n) is 15.5. The SMILES string of the molecule is CCC(C)(C)C(=O)OCCOC(=O)OC1C2CC3C1OS(=O)(=O)C3(C#N)C2. The summed E-state index contributed by atoms with van der Waals surface area (Å²) in [6, 6.07) is 1.90. The van der Waals surface area contributed by atoms with Crippen molar-refractivity contribution in [2.24, 2.45) is 17.3 Å². The number of carbonyl (C=O) groups excluding carboxylic acids is 2. The topological polar surface area (TPSA) is 129 Å². The van der Waals surface area contributed by atoms with Gasteiger partial charge in [-0.1, -0.05) is 6.92 Å². The van der Waals surface area contributed by atoms with E-state index in [0.717, 1.165) is 0 Å². The Morgan fingerprint density at radius 3 is 2.59 bits per heavy atom. The molecule has 2 aliphatic carbocycles. The number of ether oxygens (including phenoxy) is 3. The number of nitrogens with zero attached hydrogens (tertiary/aromatic N) is 1. The first-order valence-corrected chi connectivity index (χ1v) is 10.3. The molecule has 0 aromatic carbocycles. The third-order valence-electron chi connectivity index (χ3n) is 5.98. The zero-order chi connectivity index (χ0) is 20.0. The van der Waals surface area contributed by atoms with Crippen LogP contribution >= 0.6 is 0 Å². The Hall–Kier alpha value is -1.86. The van der Waals surface area contributed by atoms with Gasteiger partial charge in [0.2, 0.25) is 0 Å². The molecule has 5 atom stereocenters. The van der Waals surface area contributed by atoms with Gasteiger partial charge in [0.05, 0.1) is 11.5 Å². The first-order valence-electron chi connectivity index (χ1n) is 8.92. The van der Waals surface area contributed by atoms with Crippen molar-refractivity contribution in [3.05, 3.63) is 0 Å². The van der Waals surface area contributed by atoms with E-state index < -0.39 is 44.6 Å². The standard InChI is InChI=1S/C17H23NO8S/c1-4-16(2,3)14(19)23-5-6-24-15(20)25-12-10-7-11-13(12)26-27(21,22)17(11,8-10)9-18/h10-13H,4-8H2,1-3H3. The van der Waals surface area contributed by atoms with E-state index in [2.05, 4.69) is 0 Å². The van der Waals surface area contributed by atoms with Crippen molar-refractivity contribution in [3.8, 4) is 6.07 Å². The van der Waals surface area contributed by atoms with Gasteiger partial charge >= 0.3 is 12.1 Å². The average molecular weight is 401 g/mol. The summed E-state index contributed by atoms with van der Waals surface area (Å²) < 4.78 is 43.2. The maximum absolute atomic E-state index is 12.2. The number of fused-ring (bicyclic) bond motifs is 1. The highest BCUT2D eigenvalue weighted by molar-refractivity contribution is 7.88. The van der Waals surface area contributed by atoms with E-state index in [9.17, 15) is 23.3 Å². The number of hydrogen-bond acceptors (Lipinski definition) is 9. The molecule has 0 amide bonds. The van der Waals surface area contributed by atoms with E-state index in [1.807, 2.05) is 13.0 Å². The molecular weight excluding hydrogens is 378 g/mol. The number of esters is 1. The van der Waals surface area contributed by atoms with Crippen LogP contribution in [0.15, 0.2) is 0 Å². The monoisotopic (exact) mass is 401 g/mol. The molecular formula is C17H23NO8S. The maximum Gasteiger partial charge on any atom is 0.508 e. The third kappa shape index (κ3) is 3.06. The summed E-state index contributed by atoms with van der Waals surface area (Å²) in [4.78, 5) is 23.7. The summed E-state index contributed by atoms with van der Waals surface area (Å²) in [5.41, 5.74) is -0.609. The van der Waals surface area contributed by atoms with Crippen LogP contribution in [-0.4, -0.2) is 50.7 Å². The van der Waals surface area contributed by atoms with Gasteiger partial charge in [0, 0.05) is 11.8 Å². The molecule has 2 bridgehead atoms. The fourth-order valence-electron chi connectivity index (χ4n) is 4.02. The molecule has 1 aliphatic heterocycles. The summed E-state index contributed by atoms with van der Waals surface area (Å²) >= 11 is 0. The molecule has 0 aromatic heterocycles. The van der Waals surface area contributed by atoms with Gasteiger partial charge in [-0.15, -0.1) is 0 Å². The first-order chi connectivity index (χ1) is 12.6. The Bertz CT molecular complexity index is 785. The molecule has 27 heavy (non-hydrogen) atoms. The second-order valence-corrected chi connectivity index (χ2v) is 9.71. The molecule has 9 nitrogen and oxygen atoms in total. The highest BCUT2D eigenvalue weighted by Gasteiger charge is 2.74. The van der Waals surface area contributed by atoms with Crippen LogP contribution in [0.3, 0.4) is 0 Å². The summed E-state index contributed by atoms with van der Waals surface area (Å²) in [5, 5.41) is 9.35. The van der Waals surface area contributed by atoms with E-state index in [1.165, 1.54) is 0 Å². The predicted molar refractivity (Wildman–Crippen MR) is 89.6 cm³/mol. The number of nitriles is 1. The normalized spacial score (nSPS) is 35.5. The van der Waals surface area contributed by atoms with Crippen molar-refractivity contribution in [1.29, 1.82) is 5.26 Å². The van der Waals surface area contributed by atoms with Crippen LogP contribution in [-0.2, 0) is 33.3 Å². The molecule has 0 aromatic rings. The van der Waals surface area contributed by atoms with Gasteiger partial charge in [0.1, 0.15) is 25.4 Å². The highest BCUT2D eigenvalue weighted by atomic mass is 32.2. The Morgan fingerprint density at radius 2 is 1.96 bits per heavy atom. The van der Waals surface area contributed by atoms with E-state index in [0.29, 0.717) is 12.8 Å². The average Bonchev–Trinajstić information content (AvgIpc) is 3.19. The molecule has 5 unspecified atom stereocenters. The largest absolute Gasteiger partial charge is 0.508 e. The summed E-state index contributed by atoms with van der Waals surface area (Å²) in [5.74, 6) is -1.13. The van der Waals surface area contributed by atoms with Crippen molar-refractivity contribution >= 4 is 22.2 Å². The molecule has 0 radical (unpaired) electrons. The second kappa shape index (κ2) is 6.63. The van der Waals surface area contributed by atoms with Gasteiger partial charge in [0.15, 0.2) is 4.75 Å². The molecule has 3 rings (SSSR count). The van der Waals surface area contributed by atoms with Crippen LogP contribution in [0, 0.1) is 28.6 Å². The summed E-state index contributed by atoms with van der Waals surface area (Å²) in [6.45, 7) is 5.13. The smallest absolute Gasteiger partial charge is 0.462 e. The van der Waals surface area contributed by atoms with E-state index in [4.69, 9.17) is 18.4 Å². The quantitative estimate of drug-likeness (QED) is 0.369. The highest BCUT2D eigenvalue weighted by Crippen LogP contribution is 2.61. The first kappa shape index (κ1) is 19.9. The number of carbonyl (C=O) groups is 2. The maximum atomic E-state index is 12.2. The Labute approximate surface area is 158 Å². The van der Waals surface area contributed by atoms with E-state index >= 15 is 0 Å². The fourth-order valence-corrected chi connectivity index (χ4v) is 5.86. The van der Waals surface area contributed by atoms with Crippen molar-refractivity contribution in [1.82, 2.24) is 0 Å². The van der Waals surface area contributed by atoms with Crippen molar-refractivity contribution < 1.29 is 36.4 Å². The molecule has 0 N–H and O–H groups in total. The predicted octanol–water partition coefficient (Wildman–Crippen LogP) is 1.52. The number of rotatable bonds is 6. The van der Waals surface area contributed by atoms with Gasteiger partial charge in [-0.25, -0.2) is 4.79 Å². The Kier molecular flexibility index (Phi) is 4.89. The molecule has 2 saturated carbocycles. The van der Waals surface area contributed by atoms with Crippen LogP contribution in [0.1, 0.15) is 40.0 Å². The number of hydrogen-bond donors (Lipinski definition) is 0. The minimum atomic E-state index is -4.01. The lowest BCUT2D eigenvalue weighted by molar-refractivity contribution is -0.155. The lowest BCUT2D eigenvalue weighted by atomic mass is 9.85. The molecule has 3 fully saturated rings. The Morgan fingerprint density at radius 1 is 1.30 bits per heavy atom. The van der Waals surface area contributed by atoms with E-state index in [1.54, 1.807) is 13.8 Å². The van der Waals surface area contributed by atoms with Crippen LogP contribution in [0.5, 0.6) is 0 Å². The van der Waals surface area contributed by atoms with Crippen LogP contribution in [0.25, 0.3) is 0 Å². The molecule has 3 aliphatic rings. The van der Waals surface area contributed by atoms with Gasteiger partial charge in [-0.2, -0.15) is 13.7 Å². The van der Waals surface area contributed by atoms with Crippen molar-refractivity contribution in [3.63, 3.8) is 0 Å². The lowest BCUT2D eigenvalue weighted by Gasteiger charge is -2.27. The second-order valence-electron chi connectivity index (χ2n) is 7.88. The van der Waals surface area contributed by atoms with Gasteiger partial charge < -0.3 is 14.2 Å². The molecule has 0 spiro atoms. The van der Waals surface area contributed by atoms with Gasteiger partial charge in [-0.05, 0) is 33.1 Å². The van der Waals surface area contributed by atoms with E-state index in [-0.39, 0.29) is 31.5 Å². The summed E-state index contributed by atoms with van der Waals surface area (Å²) in [7, 11) is -4.01. The van der Waals surface area contributed by atoms with Gasteiger partial charge in [-0.3, -0.25) is 8.98 Å². The zero-order valence-corrected chi connectivity index (χ0v) is 16.3. The van der Waals surface area contributed by atoms with Crippen LogP contribution in [0.4, 0.5) is 4.79 Å². The fraction of sp³-hybridized carbons (Fsp3) is 0.824. The lowest BCUT2D eigenvalue weighted by Crippen LogP contribution is -2.43. The Balaban J connectivity index is 1.49. The third-order valence-corrected chi connectivity index (χ3v) is 7.91. The molecule has 150 valence electrons. The van der Waals surface area contributed by atoms with Gasteiger partial charge in [0.25, 0.3) is 10.1 Å². The minimum Gasteiger partial charge on any atom is -0.462 e. The van der Waals surface area contributed by atoms with Crippen molar-refractivity contribution in [2.75, 3.05) is 13.2 Å². The van der Waals surface area contributed by atoms with Crippen molar-refractivity contribution in [2.45, 2.75) is 57.0 Å². The summed E-state index contributed by atoms with van der Waals surface area (Å²) in [6.07, 6.45) is -1.41. The van der Waals surface area contributed by atoms with Crippen LogP contribution < -0.4 is 0 Å². The molecule has 1 saturated heterocycles. The van der Waals surface area contributed by atoms with Crippen LogP contribution in [0.2, 0.25) is 0 Å².